The molecule has 8 nitrogen and oxygen atoms in total. The van der Waals surface area contributed by atoms with Crippen LogP contribution in [0.25, 0.3) is 21.9 Å². The molecule has 176 valence electrons. The maximum atomic E-state index is 13.2. The average molecular weight is 459 g/mol. The third-order valence-electron chi connectivity index (χ3n) is 6.65. The number of β-amino-alcohol motifs (C(OH)–C–C–N with tert-alkyl or cyclic N) is 1. The van der Waals surface area contributed by atoms with Crippen LogP contribution in [0.5, 0.6) is 0 Å². The lowest BCUT2D eigenvalue weighted by molar-refractivity contribution is 0.0265. The molecule has 1 fully saturated rings. The summed E-state index contributed by atoms with van der Waals surface area (Å²) in [6, 6.07) is 9.85. The maximum Gasteiger partial charge on any atom is 0.253 e. The van der Waals surface area contributed by atoms with Crippen molar-refractivity contribution in [3.05, 3.63) is 60.3 Å². The molecule has 1 atom stereocenters. The van der Waals surface area contributed by atoms with Crippen LogP contribution in [0.2, 0.25) is 0 Å². The number of pyridine rings is 2. The van der Waals surface area contributed by atoms with Crippen molar-refractivity contribution in [2.45, 2.75) is 38.8 Å². The predicted molar refractivity (Wildman–Crippen MR) is 133 cm³/mol. The molecule has 3 aromatic heterocycles. The second-order valence-corrected chi connectivity index (χ2v) is 9.68. The highest BCUT2D eigenvalue weighted by Crippen LogP contribution is 2.32. The van der Waals surface area contributed by atoms with Gasteiger partial charge < -0.3 is 19.5 Å². The molecule has 1 amide bonds. The van der Waals surface area contributed by atoms with Crippen molar-refractivity contribution >= 4 is 33.5 Å². The van der Waals surface area contributed by atoms with E-state index in [0.29, 0.717) is 31.1 Å². The number of nitrogens with zero attached hydrogens (tertiary/aromatic N) is 6. The zero-order valence-electron chi connectivity index (χ0n) is 20.1. The lowest BCUT2D eigenvalue weighted by atomic mass is 10.0. The number of fused-ring (bicyclic) bond motifs is 2. The van der Waals surface area contributed by atoms with Gasteiger partial charge in [0.2, 0.25) is 0 Å². The van der Waals surface area contributed by atoms with Crippen molar-refractivity contribution in [3.63, 3.8) is 0 Å². The van der Waals surface area contributed by atoms with Crippen molar-refractivity contribution < 1.29 is 9.90 Å². The number of amides is 1. The minimum Gasteiger partial charge on any atom is -0.386 e. The summed E-state index contributed by atoms with van der Waals surface area (Å²) in [6.45, 7) is 7.57. The first kappa shape index (κ1) is 22.3. The van der Waals surface area contributed by atoms with Gasteiger partial charge >= 0.3 is 0 Å². The van der Waals surface area contributed by atoms with Gasteiger partial charge in [-0.1, -0.05) is 0 Å². The minimum atomic E-state index is -1.00. The van der Waals surface area contributed by atoms with E-state index in [4.69, 9.17) is 0 Å². The van der Waals surface area contributed by atoms with Gasteiger partial charge in [-0.15, -0.1) is 0 Å². The van der Waals surface area contributed by atoms with Crippen LogP contribution in [0.1, 0.15) is 42.4 Å². The van der Waals surface area contributed by atoms with Gasteiger partial charge in [0.15, 0.2) is 0 Å². The molecule has 1 N–H and O–H groups in total. The number of carbonyl (C=O) groups is 1. The molecule has 34 heavy (non-hydrogen) atoms. The Bertz CT molecular complexity index is 1380. The second kappa shape index (κ2) is 8.36. The molecule has 0 spiro atoms. The van der Waals surface area contributed by atoms with Crippen LogP contribution in [-0.4, -0.2) is 67.7 Å². The van der Waals surface area contributed by atoms with E-state index >= 15 is 0 Å². The molecule has 1 saturated heterocycles. The molecule has 8 heteroatoms. The van der Waals surface area contributed by atoms with E-state index in [-0.39, 0.29) is 12.5 Å². The fraction of sp³-hybridized carbons (Fsp3) is 0.385. The van der Waals surface area contributed by atoms with Crippen molar-refractivity contribution in [3.8, 4) is 0 Å². The molecule has 1 aromatic carbocycles. The van der Waals surface area contributed by atoms with Gasteiger partial charge in [-0.2, -0.15) is 0 Å². The second-order valence-electron chi connectivity index (χ2n) is 9.68. The van der Waals surface area contributed by atoms with Gasteiger partial charge in [-0.25, -0.2) is 4.98 Å². The Morgan fingerprint density at radius 1 is 1.24 bits per heavy atom. The Morgan fingerprint density at radius 2 is 2.06 bits per heavy atom. The fourth-order valence-corrected chi connectivity index (χ4v) is 4.94. The molecule has 0 saturated carbocycles. The molecule has 1 aliphatic heterocycles. The van der Waals surface area contributed by atoms with E-state index in [1.54, 1.807) is 18.1 Å². The molecule has 5 rings (SSSR count). The normalized spacial score (nSPS) is 18.4. The number of hydrogen-bond acceptors (Lipinski definition) is 6. The van der Waals surface area contributed by atoms with Crippen LogP contribution in [0.15, 0.2) is 49.1 Å². The molecule has 0 aliphatic carbocycles. The third kappa shape index (κ3) is 3.98. The van der Waals surface area contributed by atoms with Gasteiger partial charge in [-0.05, 0) is 57.5 Å². The van der Waals surface area contributed by atoms with Crippen LogP contribution in [0.4, 0.5) is 5.69 Å². The number of imidazole rings is 1. The summed E-state index contributed by atoms with van der Waals surface area (Å²) in [6.07, 6.45) is 5.94. The minimum absolute atomic E-state index is 0.123. The smallest absolute Gasteiger partial charge is 0.253 e. The summed E-state index contributed by atoms with van der Waals surface area (Å²) in [5, 5.41) is 12.4. The van der Waals surface area contributed by atoms with Gasteiger partial charge in [0, 0.05) is 60.9 Å². The fourth-order valence-electron chi connectivity index (χ4n) is 4.94. The van der Waals surface area contributed by atoms with E-state index in [2.05, 4.69) is 38.3 Å². The van der Waals surface area contributed by atoms with Crippen molar-refractivity contribution in [1.29, 1.82) is 0 Å². The summed E-state index contributed by atoms with van der Waals surface area (Å²) in [5.74, 6) is -0.123. The van der Waals surface area contributed by atoms with E-state index in [1.165, 1.54) is 0 Å². The topological polar surface area (TPSA) is 87.4 Å². The molecule has 4 heterocycles. The van der Waals surface area contributed by atoms with Crippen LogP contribution >= 0.6 is 0 Å². The van der Waals surface area contributed by atoms with Gasteiger partial charge in [0.05, 0.1) is 29.4 Å². The predicted octanol–water partition coefficient (Wildman–Crippen LogP) is 3.58. The zero-order chi connectivity index (χ0) is 24.0. The number of aromatic nitrogens is 4. The van der Waals surface area contributed by atoms with Gasteiger partial charge in [0.25, 0.3) is 5.91 Å². The van der Waals surface area contributed by atoms with E-state index in [0.717, 1.165) is 33.3 Å². The number of aryl methyl sites for hydroxylation is 1. The number of benzene rings is 1. The van der Waals surface area contributed by atoms with Crippen molar-refractivity contribution in [2.75, 3.05) is 31.6 Å². The summed E-state index contributed by atoms with van der Waals surface area (Å²) in [7, 11) is 1.75. The zero-order valence-corrected chi connectivity index (χ0v) is 20.1. The Hall–Kier alpha value is -3.52. The molecule has 0 radical (unpaired) electrons. The number of aliphatic hydroxyl groups is 1. The average Bonchev–Trinajstić information content (AvgIpc) is 3.41. The van der Waals surface area contributed by atoms with Crippen LogP contribution in [-0.2, 0) is 0 Å². The highest BCUT2D eigenvalue weighted by Gasteiger charge is 2.38. The SMILES string of the molecule is Cc1cc(N2CCC(O)(CN(C)C(=O)c3ccc4c(c3)ncn4C(C)C)C2)c2cnccc2n1. The Morgan fingerprint density at radius 3 is 2.85 bits per heavy atom. The molecular weight excluding hydrogens is 428 g/mol. The van der Waals surface area contributed by atoms with E-state index in [9.17, 15) is 9.90 Å². The number of carbonyl (C=O) groups excluding carboxylic acids is 1. The number of anilines is 1. The van der Waals surface area contributed by atoms with Gasteiger partial charge in [-0.3, -0.25) is 14.8 Å². The Labute approximate surface area is 198 Å². The summed E-state index contributed by atoms with van der Waals surface area (Å²) >= 11 is 0. The first-order valence-electron chi connectivity index (χ1n) is 11.6. The summed E-state index contributed by atoms with van der Waals surface area (Å²) in [5.41, 5.74) is 4.21. The van der Waals surface area contributed by atoms with E-state index < -0.39 is 5.60 Å². The number of hydrogen-bond donors (Lipinski definition) is 1. The molecule has 1 aliphatic rings. The first-order chi connectivity index (χ1) is 16.2. The molecular formula is C26H30N6O2. The summed E-state index contributed by atoms with van der Waals surface area (Å²) in [4.78, 5) is 30.3. The lowest BCUT2D eigenvalue weighted by Crippen LogP contribution is -2.45. The molecule has 4 aromatic rings. The Kier molecular flexibility index (Phi) is 5.48. The van der Waals surface area contributed by atoms with Crippen LogP contribution in [0, 0.1) is 6.92 Å². The number of likely N-dealkylation sites (N-methyl/N-ethyl adjacent to an activating group) is 1. The molecule has 0 bridgehead atoms. The van der Waals surface area contributed by atoms with Crippen LogP contribution in [0.3, 0.4) is 0 Å². The van der Waals surface area contributed by atoms with E-state index in [1.807, 2.05) is 49.8 Å². The third-order valence-corrected chi connectivity index (χ3v) is 6.65. The van der Waals surface area contributed by atoms with Crippen molar-refractivity contribution in [1.82, 2.24) is 24.4 Å². The highest BCUT2D eigenvalue weighted by molar-refractivity contribution is 5.97. The highest BCUT2D eigenvalue weighted by atomic mass is 16.3. The van der Waals surface area contributed by atoms with Crippen molar-refractivity contribution in [2.24, 2.45) is 0 Å². The first-order valence-corrected chi connectivity index (χ1v) is 11.6. The molecule has 1 unspecified atom stereocenters. The van der Waals surface area contributed by atoms with Crippen LogP contribution < -0.4 is 4.90 Å². The quantitative estimate of drug-likeness (QED) is 0.492. The largest absolute Gasteiger partial charge is 0.386 e. The standard InChI is InChI=1S/C26H30N6O2/c1-17(2)32-16-28-22-12-19(5-6-23(22)32)25(33)30(4)14-26(34)8-10-31(15-26)24-11-18(3)29-21-7-9-27-13-20(21)24/h5-7,9,11-13,16-17,34H,8,10,14-15H2,1-4H3. The number of rotatable bonds is 5. The maximum absolute atomic E-state index is 13.2. The lowest BCUT2D eigenvalue weighted by Gasteiger charge is -2.29. The monoisotopic (exact) mass is 458 g/mol. The van der Waals surface area contributed by atoms with Gasteiger partial charge in [0.1, 0.15) is 5.60 Å². The Balaban J connectivity index is 1.33. The summed E-state index contributed by atoms with van der Waals surface area (Å²) < 4.78 is 2.09.